The average molecular weight is 254 g/mol. The van der Waals surface area contributed by atoms with Gasteiger partial charge in [0.05, 0.1) is 12.5 Å². The van der Waals surface area contributed by atoms with Gasteiger partial charge < -0.3 is 9.94 Å². The summed E-state index contributed by atoms with van der Waals surface area (Å²) < 4.78 is 6.85. The van der Waals surface area contributed by atoms with Crippen LogP contribution in [0.15, 0.2) is 34.9 Å². The molecule has 0 unspecified atom stereocenters. The molecule has 0 fully saturated rings. The Morgan fingerprint density at radius 3 is 2.86 bits per heavy atom. The van der Waals surface area contributed by atoms with Crippen molar-refractivity contribution >= 4 is 26.8 Å². The molecule has 0 saturated carbocycles. The van der Waals surface area contributed by atoms with Crippen molar-refractivity contribution in [2.24, 2.45) is 0 Å². The lowest BCUT2D eigenvalue weighted by Gasteiger charge is -2.05. The molecule has 0 spiro atoms. The summed E-state index contributed by atoms with van der Waals surface area (Å²) in [6.07, 6.45) is 1.44. The number of halogens is 1. The minimum atomic E-state index is 0.596. The molecule has 0 N–H and O–H groups in total. The monoisotopic (exact) mass is 253 g/mol. The molecule has 0 radical (unpaired) electrons. The Morgan fingerprint density at radius 1 is 1.36 bits per heavy atom. The first-order chi connectivity index (χ1) is 6.72. The van der Waals surface area contributed by atoms with E-state index in [1.807, 2.05) is 12.1 Å². The Kier molecular flexibility index (Phi) is 2.29. The predicted octanol–water partition coefficient (Wildman–Crippen LogP) is 2.24. The van der Waals surface area contributed by atoms with Crippen LogP contribution in [-0.4, -0.2) is 7.11 Å². The van der Waals surface area contributed by atoms with Gasteiger partial charge in [0.1, 0.15) is 5.75 Å². The summed E-state index contributed by atoms with van der Waals surface area (Å²) in [6, 6.07) is 7.16. The molecule has 0 aliphatic heterocycles. The summed E-state index contributed by atoms with van der Waals surface area (Å²) in [7, 11) is 1.59. The van der Waals surface area contributed by atoms with Gasteiger partial charge in [-0.05, 0) is 12.1 Å². The maximum Gasteiger partial charge on any atom is 0.228 e. The minimum Gasteiger partial charge on any atom is -0.618 e. The highest BCUT2D eigenvalue weighted by Crippen LogP contribution is 2.24. The summed E-state index contributed by atoms with van der Waals surface area (Å²) in [4.78, 5) is 0. The number of ether oxygens (including phenoxy) is 1. The number of methoxy groups -OCH3 is 1. The third-order valence-electron chi connectivity index (χ3n) is 2.04. The second kappa shape index (κ2) is 3.46. The molecule has 1 aromatic carbocycles. The van der Waals surface area contributed by atoms with Gasteiger partial charge >= 0.3 is 0 Å². The molecule has 0 amide bonds. The first kappa shape index (κ1) is 9.27. The van der Waals surface area contributed by atoms with E-state index in [1.165, 1.54) is 6.20 Å². The van der Waals surface area contributed by atoms with Crippen LogP contribution in [-0.2, 0) is 0 Å². The second-order valence-electron chi connectivity index (χ2n) is 2.87. The van der Waals surface area contributed by atoms with Crippen LogP contribution in [0.1, 0.15) is 0 Å². The fourth-order valence-corrected chi connectivity index (χ4v) is 1.73. The van der Waals surface area contributed by atoms with E-state index < -0.39 is 0 Å². The van der Waals surface area contributed by atoms with E-state index in [1.54, 1.807) is 19.2 Å². The van der Waals surface area contributed by atoms with Crippen LogP contribution in [0.2, 0.25) is 0 Å². The van der Waals surface area contributed by atoms with Gasteiger partial charge in [0.2, 0.25) is 5.52 Å². The highest BCUT2D eigenvalue weighted by molar-refractivity contribution is 9.10. The molecule has 4 heteroatoms. The van der Waals surface area contributed by atoms with Crippen LogP contribution in [0.5, 0.6) is 5.75 Å². The lowest BCUT2D eigenvalue weighted by molar-refractivity contribution is -0.577. The van der Waals surface area contributed by atoms with Crippen molar-refractivity contribution in [3.8, 4) is 5.75 Å². The smallest absolute Gasteiger partial charge is 0.228 e. The number of pyridine rings is 1. The van der Waals surface area contributed by atoms with Crippen LogP contribution in [0.25, 0.3) is 10.9 Å². The minimum absolute atomic E-state index is 0.596. The third-order valence-corrected chi connectivity index (χ3v) is 2.54. The van der Waals surface area contributed by atoms with Gasteiger partial charge in [0.25, 0.3) is 0 Å². The first-order valence-electron chi connectivity index (χ1n) is 4.08. The fraction of sp³-hybridized carbons (Fsp3) is 0.100. The highest BCUT2D eigenvalue weighted by atomic mass is 79.9. The van der Waals surface area contributed by atoms with E-state index in [4.69, 9.17) is 4.74 Å². The van der Waals surface area contributed by atoms with Crippen LogP contribution < -0.4 is 9.47 Å². The van der Waals surface area contributed by atoms with E-state index in [-0.39, 0.29) is 0 Å². The number of nitrogens with zero attached hydrogens (tertiary/aromatic N) is 1. The zero-order chi connectivity index (χ0) is 10.1. The molecule has 72 valence electrons. The average Bonchev–Trinajstić information content (AvgIpc) is 2.19. The molecule has 0 saturated heterocycles. The maximum atomic E-state index is 11.4. The summed E-state index contributed by atoms with van der Waals surface area (Å²) in [6.45, 7) is 0. The molecule has 1 aromatic heterocycles. The second-order valence-corrected chi connectivity index (χ2v) is 3.79. The van der Waals surface area contributed by atoms with Crippen LogP contribution in [0.3, 0.4) is 0 Å². The summed E-state index contributed by atoms with van der Waals surface area (Å²) in [5.74, 6) is 0.708. The van der Waals surface area contributed by atoms with Crippen molar-refractivity contribution in [1.82, 2.24) is 0 Å². The third kappa shape index (κ3) is 1.42. The lowest BCUT2D eigenvalue weighted by atomic mass is 10.2. The van der Waals surface area contributed by atoms with Crippen LogP contribution in [0.4, 0.5) is 0 Å². The van der Waals surface area contributed by atoms with Crippen LogP contribution >= 0.6 is 15.9 Å². The van der Waals surface area contributed by atoms with Crippen molar-refractivity contribution in [3.63, 3.8) is 0 Å². The molecular formula is C10H8BrNO2. The maximum absolute atomic E-state index is 11.4. The fourth-order valence-electron chi connectivity index (χ4n) is 1.38. The molecule has 0 atom stereocenters. The summed E-state index contributed by atoms with van der Waals surface area (Å²) in [5.41, 5.74) is 0.596. The zero-order valence-electron chi connectivity index (χ0n) is 7.53. The largest absolute Gasteiger partial charge is 0.618 e. The SMILES string of the molecule is COc1cc[n+]([O-])c2cc(Br)ccc12. The number of aromatic nitrogens is 1. The number of hydrogen-bond donors (Lipinski definition) is 0. The molecule has 14 heavy (non-hydrogen) atoms. The lowest BCUT2D eigenvalue weighted by Crippen LogP contribution is -2.25. The number of rotatable bonds is 1. The molecule has 0 aliphatic carbocycles. The summed E-state index contributed by atoms with van der Waals surface area (Å²) >= 11 is 3.32. The van der Waals surface area contributed by atoms with E-state index in [0.717, 1.165) is 14.6 Å². The van der Waals surface area contributed by atoms with Gasteiger partial charge in [-0.15, -0.1) is 0 Å². The normalized spacial score (nSPS) is 10.4. The van der Waals surface area contributed by atoms with Crippen molar-refractivity contribution in [2.45, 2.75) is 0 Å². The molecule has 2 aromatic rings. The quantitative estimate of drug-likeness (QED) is 0.578. The number of hydrogen-bond acceptors (Lipinski definition) is 2. The first-order valence-corrected chi connectivity index (χ1v) is 4.87. The van der Waals surface area contributed by atoms with Gasteiger partial charge in [-0.25, -0.2) is 0 Å². The van der Waals surface area contributed by atoms with E-state index in [9.17, 15) is 5.21 Å². The van der Waals surface area contributed by atoms with E-state index in [0.29, 0.717) is 11.3 Å². The van der Waals surface area contributed by atoms with E-state index >= 15 is 0 Å². The molecular weight excluding hydrogens is 246 g/mol. The Bertz CT molecular complexity index is 485. The van der Waals surface area contributed by atoms with Crippen molar-refractivity contribution < 1.29 is 9.47 Å². The Labute approximate surface area is 89.6 Å². The Hall–Kier alpha value is -1.29. The number of fused-ring (bicyclic) bond motifs is 1. The van der Waals surface area contributed by atoms with E-state index in [2.05, 4.69) is 15.9 Å². The molecule has 0 aliphatic rings. The van der Waals surface area contributed by atoms with Gasteiger partial charge in [0.15, 0.2) is 6.20 Å². The van der Waals surface area contributed by atoms with Gasteiger partial charge in [-0.3, -0.25) is 0 Å². The molecule has 2 rings (SSSR count). The van der Waals surface area contributed by atoms with Crippen molar-refractivity contribution in [2.75, 3.05) is 7.11 Å². The standard InChI is InChI=1S/C10H8BrNO2/c1-14-10-4-5-12(13)9-6-7(11)2-3-8(9)10/h2-6H,1H3. The topological polar surface area (TPSA) is 36.2 Å². The van der Waals surface area contributed by atoms with Crippen molar-refractivity contribution in [3.05, 3.63) is 40.1 Å². The highest BCUT2D eigenvalue weighted by Gasteiger charge is 2.08. The summed E-state index contributed by atoms with van der Waals surface area (Å²) in [5, 5.41) is 12.3. The molecule has 0 bridgehead atoms. The Balaban J connectivity index is 2.84. The zero-order valence-corrected chi connectivity index (χ0v) is 9.11. The van der Waals surface area contributed by atoms with Crippen molar-refractivity contribution in [1.29, 1.82) is 0 Å². The van der Waals surface area contributed by atoms with Gasteiger partial charge in [-0.1, -0.05) is 15.9 Å². The molecule has 1 heterocycles. The van der Waals surface area contributed by atoms with Gasteiger partial charge in [0, 0.05) is 16.6 Å². The Morgan fingerprint density at radius 2 is 2.14 bits per heavy atom. The number of benzene rings is 1. The van der Waals surface area contributed by atoms with Gasteiger partial charge in [-0.2, -0.15) is 4.73 Å². The predicted molar refractivity (Wildman–Crippen MR) is 57.2 cm³/mol. The molecule has 3 nitrogen and oxygen atoms in total. The van der Waals surface area contributed by atoms with Crippen LogP contribution in [0, 0.1) is 5.21 Å².